The number of benzene rings is 2. The maximum absolute atomic E-state index is 13.0. The zero-order chi connectivity index (χ0) is 22.8. The Bertz CT molecular complexity index is 1180. The number of aromatic nitrogens is 2. The number of rotatable bonds is 7. The van der Waals surface area contributed by atoms with E-state index in [1.807, 2.05) is 0 Å². The number of carbonyl (C=O) groups excluding carboxylic acids is 1. The highest BCUT2D eigenvalue weighted by Gasteiger charge is 2.32. The summed E-state index contributed by atoms with van der Waals surface area (Å²) in [5, 5.41) is 12.6. The third-order valence-corrected chi connectivity index (χ3v) is 6.93. The number of hydrogen-bond donors (Lipinski definition) is 1. The normalized spacial score (nSPS) is 12.4. The smallest absolute Gasteiger partial charge is 0.250 e. The van der Waals surface area contributed by atoms with Crippen molar-refractivity contribution >= 4 is 72.9 Å². The Morgan fingerprint density at radius 3 is 2.23 bits per heavy atom. The number of hydrogen-bond acceptors (Lipinski definition) is 6. The van der Waals surface area contributed by atoms with E-state index in [9.17, 15) is 13.2 Å². The van der Waals surface area contributed by atoms with Gasteiger partial charge in [0.2, 0.25) is 21.1 Å². The number of anilines is 2. The molecule has 1 atom stereocenters. The molecule has 0 aliphatic carbocycles. The number of amides is 1. The second kappa shape index (κ2) is 9.70. The third-order valence-electron chi connectivity index (χ3n) is 4.18. The van der Waals surface area contributed by atoms with Crippen LogP contribution in [0.25, 0.3) is 10.6 Å². The van der Waals surface area contributed by atoms with Gasteiger partial charge in [-0.2, -0.15) is 0 Å². The Morgan fingerprint density at radius 1 is 1.06 bits per heavy atom. The van der Waals surface area contributed by atoms with Crippen molar-refractivity contribution in [2.24, 2.45) is 0 Å². The molecule has 164 valence electrons. The second-order valence-corrected chi connectivity index (χ2v) is 10.7. The van der Waals surface area contributed by atoms with Crippen LogP contribution in [0, 0.1) is 0 Å². The molecule has 12 heteroatoms. The summed E-state index contributed by atoms with van der Waals surface area (Å²) in [5.41, 5.74) is 0.988. The van der Waals surface area contributed by atoms with Gasteiger partial charge in [-0.05, 0) is 36.8 Å². The lowest BCUT2D eigenvalue weighted by Crippen LogP contribution is -2.47. The SMILES string of the molecule is CC[C@@H](C(=O)Nc1nnc(-c2ccc(Cl)cc2)s1)N(c1cc(Cl)cc(Cl)c1)S(C)(=O)=O. The molecule has 1 heterocycles. The zero-order valence-corrected chi connectivity index (χ0v) is 20.2. The number of halogens is 3. The fraction of sp³-hybridized carbons (Fsp3) is 0.211. The van der Waals surface area contributed by atoms with E-state index in [2.05, 4.69) is 15.5 Å². The van der Waals surface area contributed by atoms with Crippen LogP contribution in [0.4, 0.5) is 10.8 Å². The minimum atomic E-state index is -3.83. The van der Waals surface area contributed by atoms with Gasteiger partial charge in [0.05, 0.1) is 11.9 Å². The second-order valence-electron chi connectivity index (χ2n) is 6.52. The van der Waals surface area contributed by atoms with Crippen LogP contribution in [-0.2, 0) is 14.8 Å². The Hall–Kier alpha value is -1.91. The predicted molar refractivity (Wildman–Crippen MR) is 127 cm³/mol. The van der Waals surface area contributed by atoms with E-state index >= 15 is 0 Å². The lowest BCUT2D eigenvalue weighted by molar-refractivity contribution is -0.117. The first kappa shape index (κ1) is 23.7. The topological polar surface area (TPSA) is 92.3 Å². The molecule has 0 spiro atoms. The number of sulfonamides is 1. The van der Waals surface area contributed by atoms with E-state index in [0.29, 0.717) is 10.0 Å². The van der Waals surface area contributed by atoms with E-state index in [-0.39, 0.29) is 27.3 Å². The van der Waals surface area contributed by atoms with Crippen molar-refractivity contribution in [3.05, 3.63) is 57.5 Å². The number of nitrogens with one attached hydrogen (secondary N) is 1. The quantitative estimate of drug-likeness (QED) is 0.454. The molecule has 0 unspecified atom stereocenters. The molecule has 3 aromatic rings. The molecule has 1 amide bonds. The minimum absolute atomic E-state index is 0.195. The van der Waals surface area contributed by atoms with E-state index in [1.54, 1.807) is 31.2 Å². The molecule has 0 fully saturated rings. The molecule has 0 radical (unpaired) electrons. The van der Waals surface area contributed by atoms with Crippen molar-refractivity contribution in [3.8, 4) is 10.6 Å². The van der Waals surface area contributed by atoms with E-state index in [0.717, 1.165) is 27.5 Å². The Labute approximate surface area is 199 Å². The Kier molecular flexibility index (Phi) is 7.43. The molecule has 3 rings (SSSR count). The largest absolute Gasteiger partial charge is 0.299 e. The van der Waals surface area contributed by atoms with E-state index < -0.39 is 22.0 Å². The van der Waals surface area contributed by atoms with Crippen molar-refractivity contribution in [2.45, 2.75) is 19.4 Å². The number of nitrogens with zero attached hydrogens (tertiary/aromatic N) is 3. The van der Waals surface area contributed by atoms with Crippen LogP contribution in [0.2, 0.25) is 15.1 Å². The molecule has 1 N–H and O–H groups in total. The van der Waals surface area contributed by atoms with Crippen molar-refractivity contribution < 1.29 is 13.2 Å². The van der Waals surface area contributed by atoms with Crippen LogP contribution < -0.4 is 9.62 Å². The van der Waals surface area contributed by atoms with Gasteiger partial charge in [-0.25, -0.2) is 8.42 Å². The fourth-order valence-corrected chi connectivity index (χ4v) is 5.49. The molecule has 0 aliphatic rings. The molecule has 0 saturated heterocycles. The summed E-state index contributed by atoms with van der Waals surface area (Å²) in [6, 6.07) is 10.3. The molecular weight excluding hydrogens is 503 g/mol. The molecular formula is C19H17Cl3N4O3S2. The molecule has 2 aromatic carbocycles. The zero-order valence-electron chi connectivity index (χ0n) is 16.3. The first-order chi connectivity index (χ1) is 14.6. The first-order valence-electron chi connectivity index (χ1n) is 8.94. The van der Waals surface area contributed by atoms with Gasteiger partial charge >= 0.3 is 0 Å². The number of carbonyl (C=O) groups is 1. The highest BCUT2D eigenvalue weighted by atomic mass is 35.5. The minimum Gasteiger partial charge on any atom is -0.299 e. The Balaban J connectivity index is 1.88. The molecule has 0 saturated carbocycles. The highest BCUT2D eigenvalue weighted by Crippen LogP contribution is 2.31. The average Bonchev–Trinajstić information content (AvgIpc) is 3.13. The molecule has 1 aromatic heterocycles. The molecule has 31 heavy (non-hydrogen) atoms. The maximum Gasteiger partial charge on any atom is 0.250 e. The standard InChI is InChI=1S/C19H17Cl3N4O3S2/c1-3-16(26(31(2,28)29)15-9-13(21)8-14(22)10-15)17(27)23-19-25-24-18(30-19)11-4-6-12(20)7-5-11/h4-10,16H,3H2,1-2H3,(H,23,25,27)/t16-/m0/s1. The van der Waals surface area contributed by atoms with Crippen LogP contribution >= 0.6 is 46.1 Å². The van der Waals surface area contributed by atoms with Crippen molar-refractivity contribution in [1.29, 1.82) is 0 Å². The lowest BCUT2D eigenvalue weighted by atomic mass is 10.2. The van der Waals surface area contributed by atoms with Crippen molar-refractivity contribution in [3.63, 3.8) is 0 Å². The summed E-state index contributed by atoms with van der Waals surface area (Å²) in [6.07, 6.45) is 1.22. The van der Waals surface area contributed by atoms with Gasteiger partial charge in [0, 0.05) is 20.6 Å². The summed E-state index contributed by atoms with van der Waals surface area (Å²) < 4.78 is 26.1. The highest BCUT2D eigenvalue weighted by molar-refractivity contribution is 7.92. The first-order valence-corrected chi connectivity index (χ1v) is 12.7. The van der Waals surface area contributed by atoms with Crippen molar-refractivity contribution in [2.75, 3.05) is 15.9 Å². The molecule has 0 bridgehead atoms. The van der Waals surface area contributed by atoms with Crippen LogP contribution in [0.3, 0.4) is 0 Å². The summed E-state index contributed by atoms with van der Waals surface area (Å²) in [7, 11) is -3.83. The summed E-state index contributed by atoms with van der Waals surface area (Å²) >= 11 is 19.1. The average molecular weight is 520 g/mol. The summed E-state index contributed by atoms with van der Waals surface area (Å²) in [5.74, 6) is -0.553. The predicted octanol–water partition coefficient (Wildman–Crippen LogP) is 5.35. The monoisotopic (exact) mass is 518 g/mol. The molecule has 7 nitrogen and oxygen atoms in total. The van der Waals surface area contributed by atoms with Gasteiger partial charge < -0.3 is 0 Å². The summed E-state index contributed by atoms with van der Waals surface area (Å²) in [6.45, 7) is 1.70. The maximum atomic E-state index is 13.0. The lowest BCUT2D eigenvalue weighted by Gasteiger charge is -2.30. The van der Waals surface area contributed by atoms with Gasteiger partial charge in [-0.3, -0.25) is 14.4 Å². The molecule has 0 aliphatic heterocycles. The van der Waals surface area contributed by atoms with Gasteiger partial charge in [0.25, 0.3) is 0 Å². The van der Waals surface area contributed by atoms with E-state index in [4.69, 9.17) is 34.8 Å². The van der Waals surface area contributed by atoms with Gasteiger partial charge in [0.1, 0.15) is 11.0 Å². The van der Waals surface area contributed by atoms with Gasteiger partial charge in [0.15, 0.2) is 0 Å². The Morgan fingerprint density at radius 2 is 1.68 bits per heavy atom. The van der Waals surface area contributed by atoms with Crippen LogP contribution in [0.5, 0.6) is 0 Å². The van der Waals surface area contributed by atoms with Gasteiger partial charge in [-0.1, -0.05) is 65.2 Å². The van der Waals surface area contributed by atoms with Crippen LogP contribution in [0.1, 0.15) is 13.3 Å². The van der Waals surface area contributed by atoms with Crippen LogP contribution in [0.15, 0.2) is 42.5 Å². The van der Waals surface area contributed by atoms with Gasteiger partial charge in [-0.15, -0.1) is 10.2 Å². The van der Waals surface area contributed by atoms with Crippen LogP contribution in [-0.4, -0.2) is 36.8 Å². The summed E-state index contributed by atoms with van der Waals surface area (Å²) in [4.78, 5) is 13.0. The van der Waals surface area contributed by atoms with Crippen molar-refractivity contribution in [1.82, 2.24) is 10.2 Å². The fourth-order valence-electron chi connectivity index (χ4n) is 2.90. The van der Waals surface area contributed by atoms with E-state index in [1.165, 1.54) is 18.2 Å². The third kappa shape index (κ3) is 5.87.